The molecule has 1 aliphatic heterocycles. The number of hydrogen-bond acceptors (Lipinski definition) is 4. The highest BCUT2D eigenvalue weighted by atomic mass is 32.2. The first-order valence-electron chi connectivity index (χ1n) is 7.21. The van der Waals surface area contributed by atoms with Crippen LogP contribution in [0, 0.1) is 5.92 Å². The normalized spacial score (nSPS) is 24.0. The summed E-state index contributed by atoms with van der Waals surface area (Å²) in [6.45, 7) is -0.272. The maximum atomic E-state index is 12.2. The second kappa shape index (κ2) is 7.08. The van der Waals surface area contributed by atoms with Crippen molar-refractivity contribution in [2.24, 2.45) is 5.92 Å². The zero-order chi connectivity index (χ0) is 16.3. The number of hydrogen-bond donors (Lipinski definition) is 2. The van der Waals surface area contributed by atoms with Crippen LogP contribution in [0.15, 0.2) is 0 Å². The zero-order valence-corrected chi connectivity index (χ0v) is 12.8. The highest BCUT2D eigenvalue weighted by Gasteiger charge is 2.40. The van der Waals surface area contributed by atoms with Crippen LogP contribution in [0.25, 0.3) is 0 Å². The van der Waals surface area contributed by atoms with Gasteiger partial charge in [0.2, 0.25) is 11.8 Å². The van der Waals surface area contributed by atoms with Gasteiger partial charge in [-0.3, -0.25) is 9.59 Å². The van der Waals surface area contributed by atoms with Crippen LogP contribution in [-0.2, 0) is 9.59 Å². The molecule has 5 nitrogen and oxygen atoms in total. The molecule has 2 atom stereocenters. The molecule has 0 spiro atoms. The summed E-state index contributed by atoms with van der Waals surface area (Å²) >= 11 is 1.46. The molecular formula is C13H19F3N2O3S. The van der Waals surface area contributed by atoms with Gasteiger partial charge in [-0.05, 0) is 19.3 Å². The minimum atomic E-state index is -4.68. The van der Waals surface area contributed by atoms with Crippen molar-refractivity contribution in [3.05, 3.63) is 0 Å². The minimum Gasteiger partial charge on any atom is -0.384 e. The molecule has 2 fully saturated rings. The predicted molar refractivity (Wildman–Crippen MR) is 75.0 cm³/mol. The standard InChI is InChI=1S/C13H19F3N2O3S/c14-13(15,16)10(19)4-5-17-11(20)9-6-22-7-18(9)12(21)8-2-1-3-8/h8-10,19H,1-7H2,(H,17,20)/t9-,10+/m0/s1. The van der Waals surface area contributed by atoms with Crippen molar-refractivity contribution in [3.8, 4) is 0 Å². The lowest BCUT2D eigenvalue weighted by Crippen LogP contribution is -2.50. The van der Waals surface area contributed by atoms with Gasteiger partial charge < -0.3 is 15.3 Å². The second-order valence-electron chi connectivity index (χ2n) is 5.59. The van der Waals surface area contributed by atoms with Gasteiger partial charge in [-0.1, -0.05) is 6.42 Å². The van der Waals surface area contributed by atoms with E-state index in [0.717, 1.165) is 19.3 Å². The molecule has 1 saturated carbocycles. The van der Waals surface area contributed by atoms with Crippen molar-refractivity contribution in [1.29, 1.82) is 0 Å². The Labute approximate surface area is 130 Å². The zero-order valence-electron chi connectivity index (χ0n) is 11.9. The lowest BCUT2D eigenvalue weighted by Gasteiger charge is -2.31. The first-order chi connectivity index (χ1) is 10.3. The van der Waals surface area contributed by atoms with Gasteiger partial charge in [0, 0.05) is 18.2 Å². The monoisotopic (exact) mass is 340 g/mol. The third kappa shape index (κ3) is 4.07. The number of aliphatic hydroxyl groups excluding tert-OH is 1. The molecule has 22 heavy (non-hydrogen) atoms. The Bertz CT molecular complexity index is 429. The SMILES string of the molecule is O=C(NCC[C@@H](O)C(F)(F)F)[C@@H]1CSCN1C(=O)C1CCC1. The van der Waals surface area contributed by atoms with Gasteiger partial charge in [0.15, 0.2) is 6.10 Å². The molecule has 9 heteroatoms. The van der Waals surface area contributed by atoms with E-state index < -0.39 is 30.7 Å². The van der Waals surface area contributed by atoms with E-state index in [9.17, 15) is 22.8 Å². The Balaban J connectivity index is 1.79. The summed E-state index contributed by atoms with van der Waals surface area (Å²) in [7, 11) is 0. The Morgan fingerprint density at radius 3 is 2.59 bits per heavy atom. The van der Waals surface area contributed by atoms with Gasteiger partial charge in [0.1, 0.15) is 6.04 Å². The number of halogens is 3. The van der Waals surface area contributed by atoms with Crippen LogP contribution in [0.1, 0.15) is 25.7 Å². The first-order valence-corrected chi connectivity index (χ1v) is 8.37. The van der Waals surface area contributed by atoms with E-state index in [-0.39, 0.29) is 18.4 Å². The summed E-state index contributed by atoms with van der Waals surface area (Å²) in [5.41, 5.74) is 0. The van der Waals surface area contributed by atoms with Crippen LogP contribution in [0.5, 0.6) is 0 Å². The number of nitrogens with one attached hydrogen (secondary N) is 1. The van der Waals surface area contributed by atoms with Crippen LogP contribution in [0.2, 0.25) is 0 Å². The smallest absolute Gasteiger partial charge is 0.384 e. The highest BCUT2D eigenvalue weighted by molar-refractivity contribution is 7.99. The third-order valence-electron chi connectivity index (χ3n) is 4.02. The van der Waals surface area contributed by atoms with E-state index in [1.807, 2.05) is 0 Å². The fraction of sp³-hybridized carbons (Fsp3) is 0.846. The molecule has 0 aromatic rings. The van der Waals surface area contributed by atoms with E-state index >= 15 is 0 Å². The molecule has 1 saturated heterocycles. The molecule has 0 radical (unpaired) electrons. The summed E-state index contributed by atoms with van der Waals surface area (Å²) in [5.74, 6) is 0.393. The average Bonchev–Trinajstić information content (AvgIpc) is 2.84. The number of carbonyl (C=O) groups excluding carboxylic acids is 2. The van der Waals surface area contributed by atoms with E-state index in [1.54, 1.807) is 0 Å². The Kier molecular flexibility index (Phi) is 5.60. The predicted octanol–water partition coefficient (Wildman–Crippen LogP) is 1.12. The fourth-order valence-corrected chi connectivity index (χ4v) is 3.54. The van der Waals surface area contributed by atoms with Gasteiger partial charge >= 0.3 is 6.18 Å². The van der Waals surface area contributed by atoms with Gasteiger partial charge in [-0.2, -0.15) is 13.2 Å². The number of amides is 2. The van der Waals surface area contributed by atoms with Crippen molar-refractivity contribution in [3.63, 3.8) is 0 Å². The maximum absolute atomic E-state index is 12.2. The second-order valence-corrected chi connectivity index (χ2v) is 6.59. The molecular weight excluding hydrogens is 321 g/mol. The Morgan fingerprint density at radius 1 is 1.36 bits per heavy atom. The number of nitrogens with zero attached hydrogens (tertiary/aromatic N) is 1. The van der Waals surface area contributed by atoms with Crippen molar-refractivity contribution in [2.45, 2.75) is 44.0 Å². The van der Waals surface area contributed by atoms with Crippen molar-refractivity contribution in [2.75, 3.05) is 18.2 Å². The molecule has 2 N–H and O–H groups in total. The van der Waals surface area contributed by atoms with Crippen molar-refractivity contribution < 1.29 is 27.9 Å². The van der Waals surface area contributed by atoms with Crippen LogP contribution < -0.4 is 5.32 Å². The number of alkyl halides is 3. The summed E-state index contributed by atoms with van der Waals surface area (Å²) in [5, 5.41) is 11.3. The van der Waals surface area contributed by atoms with Crippen molar-refractivity contribution >= 4 is 23.6 Å². The minimum absolute atomic E-state index is 0.0129. The van der Waals surface area contributed by atoms with E-state index in [4.69, 9.17) is 5.11 Å². The Hall–Kier alpha value is -0.960. The molecule has 2 rings (SSSR count). The summed E-state index contributed by atoms with van der Waals surface area (Å²) in [6, 6.07) is -0.624. The van der Waals surface area contributed by atoms with Gasteiger partial charge in [0.05, 0.1) is 5.88 Å². The molecule has 0 unspecified atom stereocenters. The fourth-order valence-electron chi connectivity index (χ4n) is 2.38. The first kappa shape index (κ1) is 17.4. The van der Waals surface area contributed by atoms with Crippen LogP contribution >= 0.6 is 11.8 Å². The van der Waals surface area contributed by atoms with Crippen molar-refractivity contribution in [1.82, 2.24) is 10.2 Å². The van der Waals surface area contributed by atoms with Crippen LogP contribution in [0.4, 0.5) is 13.2 Å². The molecule has 1 aliphatic carbocycles. The van der Waals surface area contributed by atoms with Gasteiger partial charge in [0.25, 0.3) is 0 Å². The average molecular weight is 340 g/mol. The molecule has 0 bridgehead atoms. The lowest BCUT2D eigenvalue weighted by molar-refractivity contribution is -0.205. The summed E-state index contributed by atoms with van der Waals surface area (Å²) < 4.78 is 36.5. The number of rotatable bonds is 5. The Morgan fingerprint density at radius 2 is 2.05 bits per heavy atom. The van der Waals surface area contributed by atoms with Crippen LogP contribution in [0.3, 0.4) is 0 Å². The third-order valence-corrected chi connectivity index (χ3v) is 5.03. The lowest BCUT2D eigenvalue weighted by atomic mass is 9.84. The number of carbonyl (C=O) groups is 2. The molecule has 1 heterocycles. The van der Waals surface area contributed by atoms with Gasteiger partial charge in [-0.15, -0.1) is 11.8 Å². The van der Waals surface area contributed by atoms with Crippen LogP contribution in [-0.4, -0.2) is 58.3 Å². The molecule has 0 aromatic heterocycles. The summed E-state index contributed by atoms with van der Waals surface area (Å²) in [4.78, 5) is 25.8. The maximum Gasteiger partial charge on any atom is 0.414 e. The molecule has 126 valence electrons. The van der Waals surface area contributed by atoms with E-state index in [2.05, 4.69) is 5.32 Å². The molecule has 2 aliphatic rings. The summed E-state index contributed by atoms with van der Waals surface area (Å²) in [6.07, 6.45) is -5.02. The quantitative estimate of drug-likeness (QED) is 0.787. The van der Waals surface area contributed by atoms with E-state index in [0.29, 0.717) is 11.6 Å². The van der Waals surface area contributed by atoms with Gasteiger partial charge in [-0.25, -0.2) is 0 Å². The van der Waals surface area contributed by atoms with E-state index in [1.165, 1.54) is 16.7 Å². The number of aliphatic hydroxyl groups is 1. The molecule has 2 amide bonds. The topological polar surface area (TPSA) is 69.6 Å². The number of thioether (sulfide) groups is 1. The highest BCUT2D eigenvalue weighted by Crippen LogP contribution is 2.32. The largest absolute Gasteiger partial charge is 0.414 e. The molecule has 0 aromatic carbocycles.